The fraction of sp³-hybridized carbons (Fsp3) is 0.278. The Morgan fingerprint density at radius 1 is 1.11 bits per heavy atom. The Morgan fingerprint density at radius 2 is 1.74 bits per heavy atom. The third-order valence-corrected chi connectivity index (χ3v) is 6.09. The molecule has 0 aliphatic heterocycles. The van der Waals surface area contributed by atoms with E-state index in [1.54, 1.807) is 7.05 Å². The van der Waals surface area contributed by atoms with E-state index in [1.807, 2.05) is 0 Å². The Hall–Kier alpha value is -2.16. The topological polar surface area (TPSA) is 66.9 Å². The fourth-order valence-corrected chi connectivity index (χ4v) is 3.58. The van der Waals surface area contributed by atoms with Crippen LogP contribution in [0.3, 0.4) is 0 Å². The van der Waals surface area contributed by atoms with Gasteiger partial charge in [0.25, 0.3) is 5.91 Å². The van der Waals surface area contributed by atoms with Gasteiger partial charge >= 0.3 is 0 Å². The highest BCUT2D eigenvalue weighted by molar-refractivity contribution is 7.89. The maximum Gasteiger partial charge on any atom is 0.253 e. The summed E-state index contributed by atoms with van der Waals surface area (Å²) in [4.78, 5) is 13.8. The van der Waals surface area contributed by atoms with Gasteiger partial charge in [-0.25, -0.2) is 17.1 Å². The van der Waals surface area contributed by atoms with E-state index >= 15 is 0 Å². The van der Waals surface area contributed by atoms with Crippen molar-refractivity contribution in [1.29, 1.82) is 0 Å². The second-order valence-electron chi connectivity index (χ2n) is 5.96. The Labute approximate surface area is 163 Å². The summed E-state index contributed by atoms with van der Waals surface area (Å²) in [7, 11) is 0.580. The van der Waals surface area contributed by atoms with Gasteiger partial charge in [0.15, 0.2) is 0 Å². The van der Waals surface area contributed by atoms with Gasteiger partial charge in [-0.2, -0.15) is 0 Å². The first-order valence-electron chi connectivity index (χ1n) is 7.99. The predicted molar refractivity (Wildman–Crippen MR) is 101 cm³/mol. The monoisotopic (exact) mass is 414 g/mol. The zero-order valence-corrected chi connectivity index (χ0v) is 16.7. The number of rotatable bonds is 7. The summed E-state index contributed by atoms with van der Waals surface area (Å²) in [6, 6.07) is 9.67. The second-order valence-corrected chi connectivity index (χ2v) is 8.49. The van der Waals surface area contributed by atoms with Gasteiger partial charge in [0.05, 0.1) is 11.6 Å². The maximum absolute atomic E-state index is 12.9. The fourth-order valence-electron chi connectivity index (χ4n) is 2.18. The van der Waals surface area contributed by atoms with E-state index in [9.17, 15) is 17.6 Å². The van der Waals surface area contributed by atoms with Crippen molar-refractivity contribution in [2.45, 2.75) is 4.90 Å². The van der Waals surface area contributed by atoms with Gasteiger partial charge in [0.1, 0.15) is 23.1 Å². The van der Waals surface area contributed by atoms with Gasteiger partial charge < -0.3 is 9.64 Å². The number of halogens is 2. The normalized spacial score (nSPS) is 11.5. The van der Waals surface area contributed by atoms with Crippen molar-refractivity contribution in [3.05, 3.63) is 58.9 Å². The molecule has 2 aromatic carbocycles. The van der Waals surface area contributed by atoms with Crippen molar-refractivity contribution >= 4 is 27.5 Å². The van der Waals surface area contributed by atoms with Crippen LogP contribution in [0, 0.1) is 5.82 Å². The minimum atomic E-state index is -3.77. The number of carbonyl (C=O) groups excluding carboxylic acids is 1. The number of benzene rings is 2. The molecular formula is C18H20ClFN2O4S. The number of likely N-dealkylation sites (N-methyl/N-ethyl adjacent to an activating group) is 1. The minimum absolute atomic E-state index is 0.0440. The lowest BCUT2D eigenvalue weighted by Crippen LogP contribution is -2.31. The van der Waals surface area contributed by atoms with Gasteiger partial charge in [-0.1, -0.05) is 11.6 Å². The number of hydrogen-bond donors (Lipinski definition) is 0. The van der Waals surface area contributed by atoms with E-state index in [-0.39, 0.29) is 40.4 Å². The molecule has 0 N–H and O–H groups in total. The first-order valence-corrected chi connectivity index (χ1v) is 9.80. The van der Waals surface area contributed by atoms with Crippen molar-refractivity contribution < 1.29 is 22.3 Å². The molecule has 0 heterocycles. The predicted octanol–water partition coefficient (Wildman–Crippen LogP) is 2.88. The molecule has 0 aliphatic carbocycles. The summed E-state index contributed by atoms with van der Waals surface area (Å²) in [6.07, 6.45) is 0. The quantitative estimate of drug-likeness (QED) is 0.698. The van der Waals surface area contributed by atoms with Crippen molar-refractivity contribution in [1.82, 2.24) is 9.21 Å². The van der Waals surface area contributed by atoms with Crippen LogP contribution in [0.4, 0.5) is 4.39 Å². The highest BCUT2D eigenvalue weighted by atomic mass is 35.5. The number of carbonyl (C=O) groups is 1. The van der Waals surface area contributed by atoms with Crippen LogP contribution in [0.2, 0.25) is 5.02 Å². The van der Waals surface area contributed by atoms with Crippen molar-refractivity contribution in [3.63, 3.8) is 0 Å². The molecule has 1 amide bonds. The lowest BCUT2D eigenvalue weighted by molar-refractivity contribution is 0.0773. The molecule has 0 saturated carbocycles. The molecule has 0 fully saturated rings. The average molecular weight is 415 g/mol. The summed E-state index contributed by atoms with van der Waals surface area (Å²) in [6.45, 7) is 0.457. The number of hydrogen-bond acceptors (Lipinski definition) is 4. The molecule has 2 rings (SSSR count). The molecule has 146 valence electrons. The van der Waals surface area contributed by atoms with Gasteiger partial charge in [-0.3, -0.25) is 4.79 Å². The average Bonchev–Trinajstić information content (AvgIpc) is 2.62. The van der Waals surface area contributed by atoms with Crippen LogP contribution in [0.25, 0.3) is 0 Å². The van der Waals surface area contributed by atoms with E-state index < -0.39 is 10.0 Å². The molecule has 0 atom stereocenters. The minimum Gasteiger partial charge on any atom is -0.492 e. The van der Waals surface area contributed by atoms with Crippen LogP contribution >= 0.6 is 11.6 Å². The van der Waals surface area contributed by atoms with E-state index in [2.05, 4.69) is 0 Å². The van der Waals surface area contributed by atoms with Crippen LogP contribution < -0.4 is 4.74 Å². The molecular weight excluding hydrogens is 395 g/mol. The molecule has 0 radical (unpaired) electrons. The zero-order chi connectivity index (χ0) is 20.2. The van der Waals surface area contributed by atoms with Crippen LogP contribution in [-0.2, 0) is 10.0 Å². The molecule has 0 spiro atoms. The smallest absolute Gasteiger partial charge is 0.253 e. The zero-order valence-electron chi connectivity index (χ0n) is 15.1. The third kappa shape index (κ3) is 5.18. The molecule has 0 unspecified atom stereocenters. The number of sulfonamides is 1. The molecule has 0 saturated heterocycles. The Morgan fingerprint density at radius 3 is 2.33 bits per heavy atom. The first-order chi connectivity index (χ1) is 12.6. The molecule has 0 aromatic heterocycles. The van der Waals surface area contributed by atoms with Gasteiger partial charge in [-0.05, 0) is 42.5 Å². The van der Waals surface area contributed by atoms with E-state index in [0.717, 1.165) is 4.31 Å². The summed E-state index contributed by atoms with van der Waals surface area (Å²) >= 11 is 5.99. The van der Waals surface area contributed by atoms with Gasteiger partial charge in [0.2, 0.25) is 10.0 Å². The third-order valence-electron chi connectivity index (χ3n) is 3.79. The summed E-state index contributed by atoms with van der Waals surface area (Å²) in [5, 5.41) is 0.0440. The first kappa shape index (κ1) is 21.1. The summed E-state index contributed by atoms with van der Waals surface area (Å²) in [5.41, 5.74) is 0.198. The van der Waals surface area contributed by atoms with E-state index in [4.69, 9.17) is 16.3 Å². The Bertz CT molecular complexity index is 917. The Balaban J connectivity index is 2.07. The summed E-state index contributed by atoms with van der Waals surface area (Å²) < 4.78 is 44.0. The lowest BCUT2D eigenvalue weighted by atomic mass is 10.2. The molecule has 6 nitrogen and oxygen atoms in total. The Kier molecular flexibility index (Phi) is 6.80. The van der Waals surface area contributed by atoms with Gasteiger partial charge in [0, 0.05) is 26.7 Å². The van der Waals surface area contributed by atoms with E-state index in [0.29, 0.717) is 5.75 Å². The number of amides is 1. The van der Waals surface area contributed by atoms with Crippen LogP contribution in [0.1, 0.15) is 10.4 Å². The van der Waals surface area contributed by atoms with Crippen LogP contribution in [-0.4, -0.2) is 57.8 Å². The highest BCUT2D eigenvalue weighted by Crippen LogP contribution is 2.25. The van der Waals surface area contributed by atoms with Crippen LogP contribution in [0.5, 0.6) is 5.75 Å². The van der Waals surface area contributed by atoms with Crippen LogP contribution in [0.15, 0.2) is 47.4 Å². The molecule has 9 heteroatoms. The molecule has 0 aliphatic rings. The second kappa shape index (κ2) is 8.69. The van der Waals surface area contributed by atoms with Crippen molar-refractivity contribution in [2.75, 3.05) is 34.3 Å². The standard InChI is InChI=1S/C18H20ClFN2O4S/c1-21(2)27(24,25)17-12-13(4-9-16(17)19)18(23)22(3)10-11-26-15-7-5-14(20)6-8-15/h4-9,12H,10-11H2,1-3H3. The molecule has 27 heavy (non-hydrogen) atoms. The highest BCUT2D eigenvalue weighted by Gasteiger charge is 2.23. The molecule has 0 bridgehead atoms. The number of ether oxygens (including phenoxy) is 1. The van der Waals surface area contributed by atoms with E-state index in [1.165, 1.54) is 61.5 Å². The van der Waals surface area contributed by atoms with Crippen molar-refractivity contribution in [3.8, 4) is 5.75 Å². The lowest BCUT2D eigenvalue weighted by Gasteiger charge is -2.19. The summed E-state index contributed by atoms with van der Waals surface area (Å²) in [5.74, 6) is -0.242. The largest absolute Gasteiger partial charge is 0.492 e. The van der Waals surface area contributed by atoms with Crippen molar-refractivity contribution in [2.24, 2.45) is 0 Å². The molecule has 2 aromatic rings. The SMILES string of the molecule is CN(CCOc1ccc(F)cc1)C(=O)c1ccc(Cl)c(S(=O)(=O)N(C)C)c1. The maximum atomic E-state index is 12.9. The van der Waals surface area contributed by atoms with Gasteiger partial charge in [-0.15, -0.1) is 0 Å². The number of nitrogens with zero attached hydrogens (tertiary/aromatic N) is 2.